The first-order valence-corrected chi connectivity index (χ1v) is 11.6. The molecule has 0 aromatic heterocycles. The van der Waals surface area contributed by atoms with Gasteiger partial charge in [-0.05, 0) is 80.5 Å². The quantitative estimate of drug-likeness (QED) is 0.494. The molecule has 0 spiro atoms. The van der Waals surface area contributed by atoms with Crippen molar-refractivity contribution in [3.05, 3.63) is 47.3 Å². The van der Waals surface area contributed by atoms with Crippen LogP contribution >= 0.6 is 0 Å². The molecule has 0 amide bonds. The Morgan fingerprint density at radius 1 is 1.16 bits per heavy atom. The van der Waals surface area contributed by atoms with Crippen LogP contribution in [0.5, 0.6) is 5.75 Å². The third-order valence-electron chi connectivity index (χ3n) is 6.38. The van der Waals surface area contributed by atoms with Crippen LogP contribution in [-0.2, 0) is 16.1 Å². The van der Waals surface area contributed by atoms with Crippen molar-refractivity contribution >= 4 is 11.7 Å². The second-order valence-corrected chi connectivity index (χ2v) is 9.01. The average Bonchev–Trinajstić information content (AvgIpc) is 3.60. The number of hydrogen-bond donors (Lipinski definition) is 2. The van der Waals surface area contributed by atoms with E-state index in [0.717, 1.165) is 54.5 Å². The van der Waals surface area contributed by atoms with E-state index in [1.54, 1.807) is 6.07 Å². The Morgan fingerprint density at radius 2 is 1.91 bits per heavy atom. The summed E-state index contributed by atoms with van der Waals surface area (Å²) >= 11 is 0. The molecule has 2 aromatic carbocycles. The number of aliphatic carboxylic acids is 1. The Hall–Kier alpha value is -2.60. The van der Waals surface area contributed by atoms with E-state index < -0.39 is 11.5 Å². The summed E-state index contributed by atoms with van der Waals surface area (Å²) in [4.78, 5) is 12.1. The van der Waals surface area contributed by atoms with Crippen molar-refractivity contribution in [3.63, 3.8) is 0 Å². The van der Waals surface area contributed by atoms with Crippen molar-refractivity contribution in [1.29, 1.82) is 0 Å². The average molecular weight is 442 g/mol. The lowest BCUT2D eigenvalue weighted by Crippen LogP contribution is -2.47. The zero-order valence-corrected chi connectivity index (χ0v) is 18.9. The molecule has 5 nitrogen and oxygen atoms in total. The molecule has 2 N–H and O–H groups in total. The number of aryl methyl sites for hydroxylation is 1. The Morgan fingerprint density at radius 3 is 2.56 bits per heavy atom. The smallest absolute Gasteiger partial charge is 0.329 e. The van der Waals surface area contributed by atoms with Crippen LogP contribution in [0.3, 0.4) is 0 Å². The normalized spacial score (nSPS) is 17.7. The molecule has 2 aliphatic rings. The van der Waals surface area contributed by atoms with Crippen LogP contribution in [-0.4, -0.2) is 29.3 Å². The lowest BCUT2D eigenvalue weighted by molar-refractivity contribution is -0.143. The van der Waals surface area contributed by atoms with Crippen LogP contribution in [0.25, 0.3) is 11.1 Å². The van der Waals surface area contributed by atoms with Gasteiger partial charge in [0.2, 0.25) is 0 Å². The van der Waals surface area contributed by atoms with Gasteiger partial charge in [0.05, 0.1) is 19.3 Å². The van der Waals surface area contributed by atoms with Crippen molar-refractivity contribution in [1.82, 2.24) is 0 Å². The predicted octanol–water partition coefficient (Wildman–Crippen LogP) is 6.08. The number of ether oxygens (including phenoxy) is 2. The van der Waals surface area contributed by atoms with Crippen LogP contribution in [0.15, 0.2) is 30.3 Å². The number of benzene rings is 2. The van der Waals surface area contributed by atoms with Crippen molar-refractivity contribution in [2.24, 2.45) is 0 Å². The van der Waals surface area contributed by atoms with Crippen LogP contribution in [0, 0.1) is 12.7 Å². The maximum Gasteiger partial charge on any atom is 0.329 e. The Balaban J connectivity index is 1.71. The van der Waals surface area contributed by atoms with Gasteiger partial charge in [0.15, 0.2) is 11.6 Å². The molecule has 0 bridgehead atoms. The number of rotatable bonds is 9. The van der Waals surface area contributed by atoms with Crippen LogP contribution in [0.1, 0.15) is 63.0 Å². The van der Waals surface area contributed by atoms with E-state index in [1.165, 1.54) is 0 Å². The van der Waals surface area contributed by atoms with Gasteiger partial charge in [-0.1, -0.05) is 25.3 Å². The van der Waals surface area contributed by atoms with E-state index in [-0.39, 0.29) is 17.7 Å². The van der Waals surface area contributed by atoms with Gasteiger partial charge >= 0.3 is 5.97 Å². The first kappa shape index (κ1) is 22.6. The highest BCUT2D eigenvalue weighted by Crippen LogP contribution is 2.37. The van der Waals surface area contributed by atoms with Crippen LogP contribution in [0.2, 0.25) is 0 Å². The van der Waals surface area contributed by atoms with Gasteiger partial charge in [-0.3, -0.25) is 0 Å². The third-order valence-corrected chi connectivity index (χ3v) is 6.38. The van der Waals surface area contributed by atoms with Gasteiger partial charge in [-0.2, -0.15) is 0 Å². The summed E-state index contributed by atoms with van der Waals surface area (Å²) in [5, 5.41) is 13.2. The molecule has 2 aromatic rings. The minimum atomic E-state index is -0.953. The molecular weight excluding hydrogens is 409 g/mol. The number of carboxylic acids is 1. The monoisotopic (exact) mass is 441 g/mol. The lowest BCUT2D eigenvalue weighted by atomic mass is 9.81. The van der Waals surface area contributed by atoms with Gasteiger partial charge < -0.3 is 19.9 Å². The largest absolute Gasteiger partial charge is 0.491 e. The summed E-state index contributed by atoms with van der Waals surface area (Å²) in [5.74, 6) is -0.964. The number of halogens is 1. The van der Waals surface area contributed by atoms with E-state index in [9.17, 15) is 9.90 Å². The maximum atomic E-state index is 15.3. The van der Waals surface area contributed by atoms with Crippen molar-refractivity contribution in [2.75, 3.05) is 11.9 Å². The summed E-state index contributed by atoms with van der Waals surface area (Å²) in [6.07, 6.45) is 6.39. The van der Waals surface area contributed by atoms with Crippen molar-refractivity contribution < 1.29 is 23.8 Å². The second-order valence-electron chi connectivity index (χ2n) is 9.01. The van der Waals surface area contributed by atoms with Crippen LogP contribution in [0.4, 0.5) is 10.1 Å². The molecule has 2 fully saturated rings. The van der Waals surface area contributed by atoms with Gasteiger partial charge in [0, 0.05) is 11.3 Å². The molecule has 172 valence electrons. The molecule has 0 unspecified atom stereocenters. The van der Waals surface area contributed by atoms with E-state index in [1.807, 2.05) is 38.1 Å². The van der Waals surface area contributed by atoms with E-state index in [0.29, 0.717) is 31.6 Å². The Bertz CT molecular complexity index is 980. The SMILES string of the molecule is CCOc1cc(C)cc(-c2ccc(NC3(C(=O)O)CCCCC3)cc2COC2CC2)c1F. The molecule has 2 aliphatic carbocycles. The highest BCUT2D eigenvalue weighted by Gasteiger charge is 2.39. The Kier molecular flexibility index (Phi) is 6.70. The zero-order chi connectivity index (χ0) is 22.7. The van der Waals surface area contributed by atoms with Gasteiger partial charge in [0.1, 0.15) is 5.54 Å². The molecule has 0 radical (unpaired) electrons. The molecular formula is C26H32FNO4. The minimum absolute atomic E-state index is 0.241. The van der Waals surface area contributed by atoms with Gasteiger partial charge in [0.25, 0.3) is 0 Å². The number of anilines is 1. The van der Waals surface area contributed by atoms with E-state index >= 15 is 4.39 Å². The molecule has 0 heterocycles. The number of carbonyl (C=O) groups is 1. The molecule has 0 atom stereocenters. The second kappa shape index (κ2) is 9.49. The standard InChI is InChI=1S/C26H32FNO4/c1-3-31-23-14-17(2)13-22(24(23)27)21-10-7-19(15-18(21)16-32-20-8-9-20)28-26(25(29)30)11-5-4-6-12-26/h7,10,13-15,20,28H,3-6,8-9,11-12,16H2,1-2H3,(H,29,30). The number of hydrogen-bond acceptors (Lipinski definition) is 4. The number of carboxylic acid groups (broad SMARTS) is 1. The molecule has 32 heavy (non-hydrogen) atoms. The van der Waals surface area contributed by atoms with Gasteiger partial charge in [-0.15, -0.1) is 0 Å². The highest BCUT2D eigenvalue weighted by atomic mass is 19.1. The summed E-state index contributed by atoms with van der Waals surface area (Å²) in [5.41, 5.74) is 2.74. The molecule has 4 rings (SSSR count). The molecule has 0 aliphatic heterocycles. The molecule has 2 saturated carbocycles. The summed E-state index contributed by atoms with van der Waals surface area (Å²) in [6.45, 7) is 4.49. The minimum Gasteiger partial charge on any atom is -0.491 e. The first-order chi connectivity index (χ1) is 15.4. The summed E-state index contributed by atoms with van der Waals surface area (Å²) < 4.78 is 26.8. The fourth-order valence-electron chi connectivity index (χ4n) is 4.51. The third kappa shape index (κ3) is 4.90. The highest BCUT2D eigenvalue weighted by molar-refractivity contribution is 5.83. The van der Waals surface area contributed by atoms with Crippen molar-refractivity contribution in [3.8, 4) is 16.9 Å². The first-order valence-electron chi connectivity index (χ1n) is 11.6. The molecule has 6 heteroatoms. The van der Waals surface area contributed by atoms with E-state index in [2.05, 4.69) is 5.32 Å². The zero-order valence-electron chi connectivity index (χ0n) is 18.9. The fraction of sp³-hybridized carbons (Fsp3) is 0.500. The topological polar surface area (TPSA) is 67.8 Å². The maximum absolute atomic E-state index is 15.3. The fourth-order valence-corrected chi connectivity index (χ4v) is 4.51. The van der Waals surface area contributed by atoms with E-state index in [4.69, 9.17) is 9.47 Å². The number of nitrogens with one attached hydrogen (secondary N) is 1. The summed E-state index contributed by atoms with van der Waals surface area (Å²) in [7, 11) is 0. The molecule has 0 saturated heterocycles. The predicted molar refractivity (Wildman–Crippen MR) is 123 cm³/mol. The Labute approximate surface area is 188 Å². The summed E-state index contributed by atoms with van der Waals surface area (Å²) in [6, 6.07) is 9.15. The van der Waals surface area contributed by atoms with Crippen LogP contribution < -0.4 is 10.1 Å². The van der Waals surface area contributed by atoms with Gasteiger partial charge in [-0.25, -0.2) is 9.18 Å². The lowest BCUT2D eigenvalue weighted by Gasteiger charge is -2.35. The van der Waals surface area contributed by atoms with Crippen molar-refractivity contribution in [2.45, 2.75) is 77.0 Å².